The highest BCUT2D eigenvalue weighted by Crippen LogP contribution is 2.27. The smallest absolute Gasteiger partial charge is 0.261 e. The standard InChI is InChI=1S/C16H13BrN2O2/c17-12-4-5-13-14(7-12)16(21)19(15(13)20)9-11-3-1-2-10(6-11)8-18/h1-7H,8-9,18H2. The van der Waals surface area contributed by atoms with Crippen molar-refractivity contribution in [1.29, 1.82) is 0 Å². The normalized spacial score (nSPS) is 13.7. The van der Waals surface area contributed by atoms with Gasteiger partial charge in [-0.2, -0.15) is 0 Å². The lowest BCUT2D eigenvalue weighted by Gasteiger charge is -2.14. The molecule has 0 saturated carbocycles. The number of nitrogens with two attached hydrogens (primary N) is 1. The van der Waals surface area contributed by atoms with Crippen LogP contribution >= 0.6 is 15.9 Å². The zero-order valence-electron chi connectivity index (χ0n) is 11.2. The maximum Gasteiger partial charge on any atom is 0.261 e. The minimum atomic E-state index is -0.255. The lowest BCUT2D eigenvalue weighted by atomic mass is 10.1. The van der Waals surface area contributed by atoms with Gasteiger partial charge in [0, 0.05) is 11.0 Å². The van der Waals surface area contributed by atoms with E-state index in [0.29, 0.717) is 17.7 Å². The molecule has 0 spiro atoms. The van der Waals surface area contributed by atoms with Crippen LogP contribution < -0.4 is 5.73 Å². The molecule has 2 aromatic rings. The molecule has 2 amide bonds. The molecule has 1 heterocycles. The Kier molecular flexibility index (Phi) is 3.61. The summed E-state index contributed by atoms with van der Waals surface area (Å²) in [5.41, 5.74) is 8.39. The summed E-state index contributed by atoms with van der Waals surface area (Å²) in [6.45, 7) is 0.695. The summed E-state index contributed by atoms with van der Waals surface area (Å²) < 4.78 is 0.786. The van der Waals surface area contributed by atoms with Gasteiger partial charge >= 0.3 is 0 Å². The van der Waals surface area contributed by atoms with Gasteiger partial charge in [0.1, 0.15) is 0 Å². The number of hydrogen-bond acceptors (Lipinski definition) is 3. The van der Waals surface area contributed by atoms with Gasteiger partial charge in [-0.05, 0) is 29.3 Å². The van der Waals surface area contributed by atoms with Crippen LogP contribution in [-0.2, 0) is 13.1 Å². The summed E-state index contributed by atoms with van der Waals surface area (Å²) in [7, 11) is 0. The molecule has 2 N–H and O–H groups in total. The number of amides is 2. The number of rotatable bonds is 3. The molecule has 0 unspecified atom stereocenters. The van der Waals surface area contributed by atoms with Crippen molar-refractivity contribution < 1.29 is 9.59 Å². The number of carbonyl (C=O) groups is 2. The molecule has 21 heavy (non-hydrogen) atoms. The number of imide groups is 1. The quantitative estimate of drug-likeness (QED) is 0.870. The van der Waals surface area contributed by atoms with Crippen LogP contribution in [-0.4, -0.2) is 16.7 Å². The van der Waals surface area contributed by atoms with Gasteiger partial charge in [-0.25, -0.2) is 0 Å². The van der Waals surface area contributed by atoms with Gasteiger partial charge in [-0.3, -0.25) is 14.5 Å². The average molecular weight is 345 g/mol. The van der Waals surface area contributed by atoms with Crippen molar-refractivity contribution in [3.63, 3.8) is 0 Å². The van der Waals surface area contributed by atoms with Crippen molar-refractivity contribution in [2.75, 3.05) is 0 Å². The predicted octanol–water partition coefficient (Wildman–Crippen LogP) is 2.70. The molecular formula is C16H13BrN2O2. The third kappa shape index (κ3) is 2.50. The van der Waals surface area contributed by atoms with Crippen LogP contribution in [0.1, 0.15) is 31.8 Å². The Bertz CT molecular complexity index is 743. The van der Waals surface area contributed by atoms with Crippen LogP contribution in [0, 0.1) is 0 Å². The second kappa shape index (κ2) is 5.42. The Morgan fingerprint density at radius 1 is 0.952 bits per heavy atom. The molecular weight excluding hydrogens is 332 g/mol. The Balaban J connectivity index is 1.91. The molecule has 106 valence electrons. The molecule has 0 radical (unpaired) electrons. The van der Waals surface area contributed by atoms with Gasteiger partial charge in [-0.15, -0.1) is 0 Å². The van der Waals surface area contributed by atoms with Gasteiger partial charge in [0.25, 0.3) is 11.8 Å². The average Bonchev–Trinajstić information content (AvgIpc) is 2.72. The van der Waals surface area contributed by atoms with Crippen LogP contribution in [0.5, 0.6) is 0 Å². The molecule has 5 heteroatoms. The highest BCUT2D eigenvalue weighted by atomic mass is 79.9. The minimum absolute atomic E-state index is 0.249. The molecule has 1 aliphatic rings. The first-order valence-electron chi connectivity index (χ1n) is 6.54. The van der Waals surface area contributed by atoms with E-state index in [9.17, 15) is 9.59 Å². The van der Waals surface area contributed by atoms with E-state index >= 15 is 0 Å². The Hall–Kier alpha value is -1.98. The SMILES string of the molecule is NCc1cccc(CN2C(=O)c3ccc(Br)cc3C2=O)c1. The first-order valence-corrected chi connectivity index (χ1v) is 7.33. The van der Waals surface area contributed by atoms with Gasteiger partial charge in [0.15, 0.2) is 0 Å². The maximum absolute atomic E-state index is 12.4. The lowest BCUT2D eigenvalue weighted by Crippen LogP contribution is -2.29. The molecule has 1 aliphatic heterocycles. The summed E-state index contributed by atoms with van der Waals surface area (Å²) in [5.74, 6) is -0.505. The molecule has 4 nitrogen and oxygen atoms in total. The number of nitrogens with zero attached hydrogens (tertiary/aromatic N) is 1. The molecule has 0 atom stereocenters. The van der Waals surface area contributed by atoms with Crippen LogP contribution in [0.25, 0.3) is 0 Å². The first-order chi connectivity index (χ1) is 10.1. The second-order valence-corrected chi connectivity index (χ2v) is 5.83. The highest BCUT2D eigenvalue weighted by molar-refractivity contribution is 9.10. The topological polar surface area (TPSA) is 63.4 Å². The third-order valence-corrected chi connectivity index (χ3v) is 3.99. The number of halogens is 1. The van der Waals surface area contributed by atoms with Crippen LogP contribution in [0.2, 0.25) is 0 Å². The van der Waals surface area contributed by atoms with Gasteiger partial charge in [0.05, 0.1) is 17.7 Å². The van der Waals surface area contributed by atoms with E-state index < -0.39 is 0 Å². The van der Waals surface area contributed by atoms with E-state index in [1.165, 1.54) is 4.90 Å². The third-order valence-electron chi connectivity index (χ3n) is 3.50. The number of fused-ring (bicyclic) bond motifs is 1. The second-order valence-electron chi connectivity index (χ2n) is 4.91. The Morgan fingerprint density at radius 3 is 2.43 bits per heavy atom. The van der Waals surface area contributed by atoms with Crippen molar-refractivity contribution in [3.05, 3.63) is 69.2 Å². The summed E-state index contributed by atoms with van der Waals surface area (Å²) in [6.07, 6.45) is 0. The first kappa shape index (κ1) is 14.0. The maximum atomic E-state index is 12.4. The number of carbonyl (C=O) groups excluding carboxylic acids is 2. The van der Waals surface area contributed by atoms with E-state index in [-0.39, 0.29) is 18.4 Å². The monoisotopic (exact) mass is 344 g/mol. The van der Waals surface area contributed by atoms with Crippen molar-refractivity contribution in [2.45, 2.75) is 13.1 Å². The highest BCUT2D eigenvalue weighted by Gasteiger charge is 2.35. The predicted molar refractivity (Wildman–Crippen MR) is 82.7 cm³/mol. The van der Waals surface area contributed by atoms with Gasteiger partial charge in [-0.1, -0.05) is 40.2 Å². The van der Waals surface area contributed by atoms with E-state index in [1.54, 1.807) is 18.2 Å². The van der Waals surface area contributed by atoms with Crippen molar-refractivity contribution in [3.8, 4) is 0 Å². The van der Waals surface area contributed by atoms with E-state index in [2.05, 4.69) is 15.9 Å². The fraction of sp³-hybridized carbons (Fsp3) is 0.125. The Morgan fingerprint density at radius 2 is 1.67 bits per heavy atom. The van der Waals surface area contributed by atoms with Gasteiger partial charge in [0.2, 0.25) is 0 Å². The molecule has 0 aromatic heterocycles. The zero-order valence-corrected chi connectivity index (χ0v) is 12.8. The molecule has 3 rings (SSSR count). The molecule has 0 aliphatic carbocycles. The van der Waals surface area contributed by atoms with E-state index in [0.717, 1.165) is 15.6 Å². The molecule has 0 bridgehead atoms. The van der Waals surface area contributed by atoms with E-state index in [1.807, 2.05) is 24.3 Å². The molecule has 0 fully saturated rings. The summed E-state index contributed by atoms with van der Waals surface area (Å²) in [6, 6.07) is 12.7. The van der Waals surface area contributed by atoms with Crippen LogP contribution in [0.15, 0.2) is 46.9 Å². The van der Waals surface area contributed by atoms with Gasteiger partial charge < -0.3 is 5.73 Å². The fourth-order valence-electron chi connectivity index (χ4n) is 2.44. The summed E-state index contributed by atoms with van der Waals surface area (Å²) >= 11 is 3.32. The minimum Gasteiger partial charge on any atom is -0.326 e. The summed E-state index contributed by atoms with van der Waals surface area (Å²) in [4.78, 5) is 26.0. The van der Waals surface area contributed by atoms with E-state index in [4.69, 9.17) is 5.73 Å². The largest absolute Gasteiger partial charge is 0.326 e. The fourth-order valence-corrected chi connectivity index (χ4v) is 2.81. The van der Waals surface area contributed by atoms with Crippen LogP contribution in [0.3, 0.4) is 0 Å². The number of hydrogen-bond donors (Lipinski definition) is 1. The molecule has 0 saturated heterocycles. The summed E-state index contributed by atoms with van der Waals surface area (Å²) in [5, 5.41) is 0. The number of benzene rings is 2. The van der Waals surface area contributed by atoms with Crippen molar-refractivity contribution in [2.24, 2.45) is 5.73 Å². The van der Waals surface area contributed by atoms with Crippen LogP contribution in [0.4, 0.5) is 0 Å². The zero-order chi connectivity index (χ0) is 15.0. The Labute approximate surface area is 130 Å². The van der Waals surface area contributed by atoms with Crippen molar-refractivity contribution in [1.82, 2.24) is 4.90 Å². The lowest BCUT2D eigenvalue weighted by molar-refractivity contribution is 0.0642. The molecule has 2 aromatic carbocycles. The van der Waals surface area contributed by atoms with Crippen molar-refractivity contribution >= 4 is 27.7 Å².